The summed E-state index contributed by atoms with van der Waals surface area (Å²) in [5, 5.41) is 0.412. The number of sulfonamides is 1. The highest BCUT2D eigenvalue weighted by Crippen LogP contribution is 2.16. The van der Waals surface area contributed by atoms with Crippen LogP contribution in [0.1, 0.15) is 18.9 Å². The standard InChI is InChI=1S/C16H18ClNO2S/c1-13(10-11-14-6-3-2-4-7-14)18-21(19,20)16-9-5-8-15(17)12-16/h2-9,12-13,18H,10-11H2,1H3. The van der Waals surface area contributed by atoms with Crippen LogP contribution in [0.4, 0.5) is 0 Å². The van der Waals surface area contributed by atoms with E-state index in [-0.39, 0.29) is 10.9 Å². The van der Waals surface area contributed by atoms with Crippen molar-refractivity contribution in [3.63, 3.8) is 0 Å². The fraction of sp³-hybridized carbons (Fsp3) is 0.250. The molecule has 5 heteroatoms. The van der Waals surface area contributed by atoms with Crippen molar-refractivity contribution in [1.29, 1.82) is 0 Å². The molecule has 21 heavy (non-hydrogen) atoms. The van der Waals surface area contributed by atoms with Crippen LogP contribution in [0, 0.1) is 0 Å². The number of halogens is 1. The van der Waals surface area contributed by atoms with Gasteiger partial charge in [0.05, 0.1) is 4.90 Å². The Labute approximate surface area is 131 Å². The Bertz CT molecular complexity index is 686. The van der Waals surface area contributed by atoms with Gasteiger partial charge in [-0.1, -0.05) is 48.0 Å². The Morgan fingerprint density at radius 3 is 2.48 bits per heavy atom. The minimum absolute atomic E-state index is 0.144. The van der Waals surface area contributed by atoms with Gasteiger partial charge in [-0.3, -0.25) is 0 Å². The van der Waals surface area contributed by atoms with Gasteiger partial charge in [-0.15, -0.1) is 0 Å². The van der Waals surface area contributed by atoms with E-state index in [0.717, 1.165) is 12.8 Å². The molecule has 0 spiro atoms. The second kappa shape index (κ2) is 7.07. The van der Waals surface area contributed by atoms with Gasteiger partial charge in [-0.25, -0.2) is 13.1 Å². The van der Waals surface area contributed by atoms with E-state index in [0.29, 0.717) is 5.02 Å². The molecule has 0 aliphatic rings. The Balaban J connectivity index is 1.97. The summed E-state index contributed by atoms with van der Waals surface area (Å²) in [5.74, 6) is 0. The van der Waals surface area contributed by atoms with Crippen LogP contribution in [0.5, 0.6) is 0 Å². The van der Waals surface area contributed by atoms with E-state index in [4.69, 9.17) is 11.6 Å². The molecule has 0 bridgehead atoms. The average Bonchev–Trinajstić information content (AvgIpc) is 2.46. The minimum atomic E-state index is -3.52. The molecule has 0 heterocycles. The van der Waals surface area contributed by atoms with Crippen molar-refractivity contribution >= 4 is 21.6 Å². The lowest BCUT2D eigenvalue weighted by atomic mass is 10.1. The third-order valence-corrected chi connectivity index (χ3v) is 4.99. The Morgan fingerprint density at radius 2 is 1.81 bits per heavy atom. The third kappa shape index (κ3) is 4.84. The molecule has 1 unspecified atom stereocenters. The maximum absolute atomic E-state index is 12.2. The average molecular weight is 324 g/mol. The van der Waals surface area contributed by atoms with Gasteiger partial charge >= 0.3 is 0 Å². The number of aryl methyl sites for hydroxylation is 1. The highest BCUT2D eigenvalue weighted by Gasteiger charge is 2.17. The van der Waals surface area contributed by atoms with Crippen molar-refractivity contribution < 1.29 is 8.42 Å². The topological polar surface area (TPSA) is 46.2 Å². The van der Waals surface area contributed by atoms with Crippen LogP contribution >= 0.6 is 11.6 Å². The second-order valence-electron chi connectivity index (χ2n) is 5.00. The molecule has 0 fully saturated rings. The lowest BCUT2D eigenvalue weighted by molar-refractivity contribution is 0.547. The fourth-order valence-electron chi connectivity index (χ4n) is 2.05. The van der Waals surface area contributed by atoms with E-state index in [1.807, 2.05) is 37.3 Å². The first kappa shape index (κ1) is 16.0. The quantitative estimate of drug-likeness (QED) is 0.882. The number of hydrogen-bond donors (Lipinski definition) is 1. The zero-order chi connectivity index (χ0) is 15.3. The molecule has 3 nitrogen and oxygen atoms in total. The molecule has 0 saturated carbocycles. The summed E-state index contributed by atoms with van der Waals surface area (Å²) >= 11 is 5.84. The third-order valence-electron chi connectivity index (χ3n) is 3.17. The van der Waals surface area contributed by atoms with Crippen molar-refractivity contribution in [3.05, 3.63) is 65.2 Å². The minimum Gasteiger partial charge on any atom is -0.208 e. The van der Waals surface area contributed by atoms with Crippen molar-refractivity contribution in [2.45, 2.75) is 30.7 Å². The molecule has 1 N–H and O–H groups in total. The van der Waals surface area contributed by atoms with Gasteiger partial charge in [0.25, 0.3) is 0 Å². The van der Waals surface area contributed by atoms with Crippen molar-refractivity contribution in [3.8, 4) is 0 Å². The maximum atomic E-state index is 12.2. The molecule has 0 aliphatic heterocycles. The van der Waals surface area contributed by atoms with Gasteiger partial charge < -0.3 is 0 Å². The molecule has 0 amide bonds. The summed E-state index contributed by atoms with van der Waals surface area (Å²) in [5.41, 5.74) is 1.20. The summed E-state index contributed by atoms with van der Waals surface area (Å²) in [7, 11) is -3.52. The molecule has 112 valence electrons. The van der Waals surface area contributed by atoms with Gasteiger partial charge in [0, 0.05) is 11.1 Å². The van der Waals surface area contributed by atoms with Crippen LogP contribution in [-0.2, 0) is 16.4 Å². The van der Waals surface area contributed by atoms with E-state index < -0.39 is 10.0 Å². The molecule has 2 rings (SSSR count). The summed E-state index contributed by atoms with van der Waals surface area (Å²) in [6.45, 7) is 1.87. The van der Waals surface area contributed by atoms with Crippen LogP contribution in [0.15, 0.2) is 59.5 Å². The molecule has 2 aromatic rings. The van der Waals surface area contributed by atoms with Crippen LogP contribution in [0.3, 0.4) is 0 Å². The molecule has 0 aromatic heterocycles. The summed E-state index contributed by atoms with van der Waals surface area (Å²) in [6, 6.07) is 16.1. The lowest BCUT2D eigenvalue weighted by Crippen LogP contribution is -2.32. The molecular formula is C16H18ClNO2S. The monoisotopic (exact) mass is 323 g/mol. The SMILES string of the molecule is CC(CCc1ccccc1)NS(=O)(=O)c1cccc(Cl)c1. The van der Waals surface area contributed by atoms with Crippen LogP contribution in [0.2, 0.25) is 5.02 Å². The lowest BCUT2D eigenvalue weighted by Gasteiger charge is -2.14. The molecule has 2 aromatic carbocycles. The van der Waals surface area contributed by atoms with Gasteiger partial charge in [0.15, 0.2) is 0 Å². The highest BCUT2D eigenvalue weighted by molar-refractivity contribution is 7.89. The first-order valence-corrected chi connectivity index (χ1v) is 8.65. The number of rotatable bonds is 6. The van der Waals surface area contributed by atoms with Crippen LogP contribution < -0.4 is 4.72 Å². The first-order chi connectivity index (χ1) is 9.97. The summed E-state index contributed by atoms with van der Waals surface area (Å²) in [6.07, 6.45) is 1.57. The van der Waals surface area contributed by atoms with E-state index in [1.54, 1.807) is 12.1 Å². The molecule has 0 aliphatic carbocycles. The predicted octanol–water partition coefficient (Wildman–Crippen LogP) is 3.64. The molecule has 0 saturated heterocycles. The van der Waals surface area contributed by atoms with Gasteiger partial charge in [-0.05, 0) is 43.5 Å². The Kier molecular flexibility index (Phi) is 5.39. The smallest absolute Gasteiger partial charge is 0.208 e. The largest absolute Gasteiger partial charge is 0.240 e. The van der Waals surface area contributed by atoms with Crippen LogP contribution in [0.25, 0.3) is 0 Å². The first-order valence-electron chi connectivity index (χ1n) is 6.79. The Hall–Kier alpha value is -1.36. The molecular weight excluding hydrogens is 306 g/mol. The zero-order valence-corrected chi connectivity index (χ0v) is 13.4. The Morgan fingerprint density at radius 1 is 1.10 bits per heavy atom. The number of hydrogen-bond acceptors (Lipinski definition) is 2. The van der Waals surface area contributed by atoms with Gasteiger partial charge in [-0.2, -0.15) is 0 Å². The van der Waals surface area contributed by atoms with E-state index >= 15 is 0 Å². The van der Waals surface area contributed by atoms with E-state index in [9.17, 15) is 8.42 Å². The van der Waals surface area contributed by atoms with Crippen molar-refractivity contribution in [1.82, 2.24) is 4.72 Å². The van der Waals surface area contributed by atoms with Gasteiger partial charge in [0.2, 0.25) is 10.0 Å². The van der Waals surface area contributed by atoms with Crippen molar-refractivity contribution in [2.24, 2.45) is 0 Å². The zero-order valence-electron chi connectivity index (χ0n) is 11.8. The number of benzene rings is 2. The van der Waals surface area contributed by atoms with E-state index in [2.05, 4.69) is 4.72 Å². The maximum Gasteiger partial charge on any atom is 0.240 e. The fourth-order valence-corrected chi connectivity index (χ4v) is 3.63. The van der Waals surface area contributed by atoms with E-state index in [1.165, 1.54) is 17.7 Å². The van der Waals surface area contributed by atoms with Gasteiger partial charge in [0.1, 0.15) is 0 Å². The summed E-state index contributed by atoms with van der Waals surface area (Å²) in [4.78, 5) is 0.196. The predicted molar refractivity (Wildman–Crippen MR) is 86.0 cm³/mol. The second-order valence-corrected chi connectivity index (χ2v) is 7.15. The normalized spacial score (nSPS) is 13.0. The number of nitrogens with one attached hydrogen (secondary N) is 1. The summed E-state index contributed by atoms with van der Waals surface area (Å²) < 4.78 is 27.2. The van der Waals surface area contributed by atoms with Crippen LogP contribution in [-0.4, -0.2) is 14.5 Å². The molecule has 1 atom stereocenters. The highest BCUT2D eigenvalue weighted by atomic mass is 35.5. The molecule has 0 radical (unpaired) electrons. The van der Waals surface area contributed by atoms with Crippen molar-refractivity contribution in [2.75, 3.05) is 0 Å².